The number of aromatic nitrogens is 1. The van der Waals surface area contributed by atoms with Gasteiger partial charge in [-0.05, 0) is 30.7 Å². The van der Waals surface area contributed by atoms with Gasteiger partial charge in [0, 0.05) is 11.9 Å². The third-order valence-corrected chi connectivity index (χ3v) is 3.25. The normalized spacial score (nSPS) is 10.8. The Balaban J connectivity index is 2.12. The number of nitrogens with one attached hydrogen (secondary N) is 1. The lowest BCUT2D eigenvalue weighted by atomic mass is 10.1. The van der Waals surface area contributed by atoms with Crippen LogP contribution in [-0.4, -0.2) is 22.6 Å². The molecule has 1 aromatic carbocycles. The van der Waals surface area contributed by atoms with E-state index in [1.807, 2.05) is 30.5 Å². The average Bonchev–Trinajstić information content (AvgIpc) is 2.85. The van der Waals surface area contributed by atoms with E-state index in [1.54, 1.807) is 29.5 Å². The summed E-state index contributed by atoms with van der Waals surface area (Å²) in [6.45, 7) is 2.87. The lowest BCUT2D eigenvalue weighted by molar-refractivity contribution is 0.0697. The second-order valence-electron chi connectivity index (χ2n) is 3.87. The van der Waals surface area contributed by atoms with Crippen molar-refractivity contribution in [3.05, 3.63) is 46.5 Å². The Morgan fingerprint density at radius 3 is 3.05 bits per heavy atom. The molecular formula is C14H14N2O2S. The number of aromatic carboxylic acids is 1. The van der Waals surface area contributed by atoms with Crippen LogP contribution in [0.3, 0.4) is 0 Å². The first-order chi connectivity index (χ1) is 9.19. The van der Waals surface area contributed by atoms with Gasteiger partial charge in [0.05, 0.1) is 11.3 Å². The predicted octanol–water partition coefficient (Wildman–Crippen LogP) is 3.44. The number of thiazole rings is 1. The van der Waals surface area contributed by atoms with Gasteiger partial charge in [-0.1, -0.05) is 18.2 Å². The monoisotopic (exact) mass is 274 g/mol. The average molecular weight is 274 g/mol. The number of nitrogens with zero attached hydrogens (tertiary/aromatic N) is 1. The second-order valence-corrected chi connectivity index (χ2v) is 4.73. The van der Waals surface area contributed by atoms with E-state index in [-0.39, 0.29) is 5.56 Å². The Labute approximate surface area is 115 Å². The first-order valence-electron chi connectivity index (χ1n) is 5.90. The largest absolute Gasteiger partial charge is 0.478 e. The molecule has 0 amide bonds. The van der Waals surface area contributed by atoms with Crippen LogP contribution < -0.4 is 5.32 Å². The van der Waals surface area contributed by atoms with Crippen molar-refractivity contribution >= 4 is 34.6 Å². The Bertz CT molecular complexity index is 605. The number of carboxylic acids is 1. The number of hydrogen-bond acceptors (Lipinski definition) is 4. The van der Waals surface area contributed by atoms with Crippen LogP contribution >= 0.6 is 11.3 Å². The van der Waals surface area contributed by atoms with Crippen LogP contribution in [0.5, 0.6) is 0 Å². The van der Waals surface area contributed by atoms with Crippen molar-refractivity contribution in [3.8, 4) is 0 Å². The molecular weight excluding hydrogens is 260 g/mol. The van der Waals surface area contributed by atoms with Gasteiger partial charge >= 0.3 is 5.97 Å². The molecule has 0 atom stereocenters. The van der Waals surface area contributed by atoms with Crippen molar-refractivity contribution in [2.45, 2.75) is 6.92 Å². The second kappa shape index (κ2) is 6.15. The number of carbonyl (C=O) groups is 1. The molecule has 4 nitrogen and oxygen atoms in total. The lowest BCUT2D eigenvalue weighted by Gasteiger charge is -1.96. The summed E-state index contributed by atoms with van der Waals surface area (Å²) in [4.78, 5) is 15.2. The number of benzene rings is 1. The molecule has 98 valence electrons. The smallest absolute Gasteiger partial charge is 0.335 e. The van der Waals surface area contributed by atoms with Gasteiger partial charge < -0.3 is 10.4 Å². The molecule has 0 saturated heterocycles. The molecule has 0 fully saturated rings. The van der Waals surface area contributed by atoms with Crippen molar-refractivity contribution in [1.29, 1.82) is 0 Å². The van der Waals surface area contributed by atoms with E-state index in [2.05, 4.69) is 10.3 Å². The van der Waals surface area contributed by atoms with E-state index >= 15 is 0 Å². The van der Waals surface area contributed by atoms with Crippen LogP contribution in [0.1, 0.15) is 28.5 Å². The maximum atomic E-state index is 10.9. The van der Waals surface area contributed by atoms with Gasteiger partial charge in [0.15, 0.2) is 5.13 Å². The SMILES string of the molecule is CCNc1nc(C=Cc2cccc(C(=O)O)c2)cs1. The quantitative estimate of drug-likeness (QED) is 0.876. The predicted molar refractivity (Wildman–Crippen MR) is 78.6 cm³/mol. The highest BCUT2D eigenvalue weighted by Crippen LogP contribution is 2.17. The highest BCUT2D eigenvalue weighted by molar-refractivity contribution is 7.13. The molecule has 0 unspecified atom stereocenters. The van der Waals surface area contributed by atoms with Gasteiger partial charge in [-0.15, -0.1) is 11.3 Å². The maximum Gasteiger partial charge on any atom is 0.335 e. The molecule has 19 heavy (non-hydrogen) atoms. The molecule has 0 aliphatic heterocycles. The standard InChI is InChI=1S/C14H14N2O2S/c1-2-15-14-16-12(9-19-14)7-6-10-4-3-5-11(8-10)13(17)18/h3-9H,2H2,1H3,(H,15,16)(H,17,18). The zero-order chi connectivity index (χ0) is 13.7. The third kappa shape index (κ3) is 3.66. The summed E-state index contributed by atoms with van der Waals surface area (Å²) in [5, 5.41) is 14.9. The minimum Gasteiger partial charge on any atom is -0.478 e. The van der Waals surface area contributed by atoms with Crippen LogP contribution in [0.2, 0.25) is 0 Å². The fraction of sp³-hybridized carbons (Fsp3) is 0.143. The number of carboxylic acid groups (broad SMARTS) is 1. The topological polar surface area (TPSA) is 62.2 Å². The van der Waals surface area contributed by atoms with Crippen molar-refractivity contribution in [2.24, 2.45) is 0 Å². The fourth-order valence-electron chi connectivity index (χ4n) is 1.55. The summed E-state index contributed by atoms with van der Waals surface area (Å²) in [7, 11) is 0. The van der Waals surface area contributed by atoms with Gasteiger partial charge in [-0.2, -0.15) is 0 Å². The summed E-state index contributed by atoms with van der Waals surface area (Å²) in [5.74, 6) is -0.918. The van der Waals surface area contributed by atoms with Crippen molar-refractivity contribution in [1.82, 2.24) is 4.98 Å². The molecule has 2 aromatic rings. The summed E-state index contributed by atoms with van der Waals surface area (Å²) >= 11 is 1.55. The number of hydrogen-bond donors (Lipinski definition) is 2. The van der Waals surface area contributed by atoms with E-state index in [4.69, 9.17) is 5.11 Å². The molecule has 0 bridgehead atoms. The Kier molecular flexibility index (Phi) is 4.30. The fourth-order valence-corrected chi connectivity index (χ4v) is 2.30. The van der Waals surface area contributed by atoms with Crippen molar-refractivity contribution in [3.63, 3.8) is 0 Å². The first-order valence-corrected chi connectivity index (χ1v) is 6.78. The third-order valence-electron chi connectivity index (χ3n) is 2.43. The highest BCUT2D eigenvalue weighted by atomic mass is 32.1. The van der Waals surface area contributed by atoms with Gasteiger partial charge in [0.1, 0.15) is 0 Å². The summed E-state index contributed by atoms with van der Waals surface area (Å²) in [5.41, 5.74) is 1.99. The zero-order valence-electron chi connectivity index (χ0n) is 10.5. The molecule has 0 aliphatic carbocycles. The molecule has 1 aromatic heterocycles. The Morgan fingerprint density at radius 2 is 2.32 bits per heavy atom. The highest BCUT2D eigenvalue weighted by Gasteiger charge is 2.01. The Hall–Kier alpha value is -2.14. The van der Waals surface area contributed by atoms with Crippen LogP contribution in [0.25, 0.3) is 12.2 Å². The molecule has 0 spiro atoms. The van der Waals surface area contributed by atoms with Crippen molar-refractivity contribution in [2.75, 3.05) is 11.9 Å². The van der Waals surface area contributed by atoms with Crippen LogP contribution in [0, 0.1) is 0 Å². The van der Waals surface area contributed by atoms with E-state index in [0.717, 1.165) is 22.9 Å². The van der Waals surface area contributed by atoms with E-state index in [1.165, 1.54) is 0 Å². The minimum absolute atomic E-state index is 0.286. The summed E-state index contributed by atoms with van der Waals surface area (Å²) in [6, 6.07) is 6.80. The molecule has 5 heteroatoms. The summed E-state index contributed by atoms with van der Waals surface area (Å²) < 4.78 is 0. The van der Waals surface area contributed by atoms with Crippen LogP contribution in [0.15, 0.2) is 29.6 Å². The molecule has 1 heterocycles. The van der Waals surface area contributed by atoms with E-state index < -0.39 is 5.97 Å². The Morgan fingerprint density at radius 1 is 1.47 bits per heavy atom. The van der Waals surface area contributed by atoms with E-state index in [9.17, 15) is 4.79 Å². The first kappa shape index (κ1) is 13.3. The molecule has 0 saturated carbocycles. The molecule has 2 rings (SSSR count). The molecule has 0 aliphatic rings. The molecule has 2 N–H and O–H groups in total. The van der Waals surface area contributed by atoms with Gasteiger partial charge in [-0.25, -0.2) is 9.78 Å². The van der Waals surface area contributed by atoms with Crippen LogP contribution in [0.4, 0.5) is 5.13 Å². The number of anilines is 1. The van der Waals surface area contributed by atoms with E-state index in [0.29, 0.717) is 0 Å². The molecule has 0 radical (unpaired) electrons. The summed E-state index contributed by atoms with van der Waals surface area (Å²) in [6.07, 6.45) is 3.73. The van der Waals surface area contributed by atoms with Gasteiger partial charge in [0.25, 0.3) is 0 Å². The zero-order valence-corrected chi connectivity index (χ0v) is 11.3. The minimum atomic E-state index is -0.918. The maximum absolute atomic E-state index is 10.9. The number of rotatable bonds is 5. The van der Waals surface area contributed by atoms with Crippen molar-refractivity contribution < 1.29 is 9.90 Å². The van der Waals surface area contributed by atoms with Gasteiger partial charge in [0.2, 0.25) is 0 Å². The van der Waals surface area contributed by atoms with Crippen LogP contribution in [-0.2, 0) is 0 Å². The lowest BCUT2D eigenvalue weighted by Crippen LogP contribution is -1.95. The van der Waals surface area contributed by atoms with Gasteiger partial charge in [-0.3, -0.25) is 0 Å².